The summed E-state index contributed by atoms with van der Waals surface area (Å²) < 4.78 is 0. The lowest BCUT2D eigenvalue weighted by molar-refractivity contribution is 0.532. The molecule has 0 fully saturated rings. The lowest BCUT2D eigenvalue weighted by Crippen LogP contribution is -2.33. The Morgan fingerprint density at radius 3 is 2.35 bits per heavy atom. The van der Waals surface area contributed by atoms with E-state index in [2.05, 4.69) is 22.6 Å². The van der Waals surface area contributed by atoms with E-state index < -0.39 is 0 Å². The van der Waals surface area contributed by atoms with Crippen LogP contribution in [0.15, 0.2) is 65.8 Å². The zero-order valence-electron chi connectivity index (χ0n) is 11.4. The van der Waals surface area contributed by atoms with E-state index in [0.29, 0.717) is 11.7 Å². The fourth-order valence-corrected chi connectivity index (χ4v) is 1.75. The Morgan fingerprint density at radius 1 is 1.10 bits per heavy atom. The Bertz CT molecular complexity index is 567. The summed E-state index contributed by atoms with van der Waals surface area (Å²) in [5.41, 5.74) is 2.24. The first-order valence-corrected chi connectivity index (χ1v) is 6.81. The molecule has 0 amide bonds. The largest absolute Gasteiger partial charge is 0.357 e. The minimum absolute atomic E-state index is 0.598. The van der Waals surface area contributed by atoms with Crippen molar-refractivity contribution in [2.24, 2.45) is 5.10 Å². The van der Waals surface area contributed by atoms with Crippen molar-refractivity contribution in [3.05, 3.63) is 71.8 Å². The van der Waals surface area contributed by atoms with Gasteiger partial charge in [-0.05, 0) is 23.3 Å². The Morgan fingerprint density at radius 2 is 1.70 bits per heavy atom. The van der Waals surface area contributed by atoms with Crippen LogP contribution in [0.3, 0.4) is 0 Å². The summed E-state index contributed by atoms with van der Waals surface area (Å²) in [5.74, 6) is 0. The molecule has 2 aromatic rings. The molecule has 0 aliphatic carbocycles. The predicted octanol–water partition coefficient (Wildman–Crippen LogP) is 3.03. The normalized spacial score (nSPS) is 10.4. The third kappa shape index (κ3) is 4.48. The SMILES string of the molecule is CN(N=Cc1ccccc1)C(=S)NCc1ccccc1. The summed E-state index contributed by atoms with van der Waals surface area (Å²) in [4.78, 5) is 0. The minimum atomic E-state index is 0.598. The van der Waals surface area contributed by atoms with Gasteiger partial charge in [0.15, 0.2) is 5.11 Å². The average Bonchev–Trinajstić information content (AvgIpc) is 2.52. The van der Waals surface area contributed by atoms with E-state index in [4.69, 9.17) is 12.2 Å². The maximum absolute atomic E-state index is 5.29. The van der Waals surface area contributed by atoms with Crippen LogP contribution in [-0.4, -0.2) is 23.4 Å². The molecule has 2 aromatic carbocycles. The van der Waals surface area contributed by atoms with Gasteiger partial charge in [0.05, 0.1) is 6.21 Å². The standard InChI is InChI=1S/C16H17N3S/c1-19(18-13-15-10-6-3-7-11-15)16(20)17-12-14-8-4-2-5-9-14/h2-11,13H,12H2,1H3,(H,17,20). The van der Waals surface area contributed by atoms with E-state index in [-0.39, 0.29) is 0 Å². The van der Waals surface area contributed by atoms with Crippen molar-refractivity contribution in [2.75, 3.05) is 7.05 Å². The number of hydrogen-bond donors (Lipinski definition) is 1. The van der Waals surface area contributed by atoms with Crippen LogP contribution in [0.1, 0.15) is 11.1 Å². The van der Waals surface area contributed by atoms with Crippen LogP contribution in [-0.2, 0) is 6.54 Å². The number of rotatable bonds is 4. The van der Waals surface area contributed by atoms with Gasteiger partial charge in [-0.3, -0.25) is 0 Å². The first-order valence-electron chi connectivity index (χ1n) is 6.40. The second kappa shape index (κ2) is 7.40. The van der Waals surface area contributed by atoms with E-state index in [1.807, 2.05) is 55.6 Å². The fraction of sp³-hybridized carbons (Fsp3) is 0.125. The molecule has 0 saturated carbocycles. The number of nitrogens with one attached hydrogen (secondary N) is 1. The van der Waals surface area contributed by atoms with Crippen LogP contribution < -0.4 is 5.32 Å². The second-order valence-electron chi connectivity index (χ2n) is 4.32. The summed E-state index contributed by atoms with van der Waals surface area (Å²) in [6.45, 7) is 0.699. The first kappa shape index (κ1) is 14.2. The molecule has 0 heterocycles. The van der Waals surface area contributed by atoms with Crippen LogP contribution in [0.25, 0.3) is 0 Å². The minimum Gasteiger partial charge on any atom is -0.357 e. The van der Waals surface area contributed by atoms with Crippen molar-refractivity contribution in [1.29, 1.82) is 0 Å². The van der Waals surface area contributed by atoms with Crippen molar-refractivity contribution in [3.8, 4) is 0 Å². The summed E-state index contributed by atoms with van der Waals surface area (Å²) in [6, 6.07) is 20.1. The van der Waals surface area contributed by atoms with Gasteiger partial charge in [-0.1, -0.05) is 60.7 Å². The lowest BCUT2D eigenvalue weighted by atomic mass is 10.2. The monoisotopic (exact) mass is 283 g/mol. The molecular weight excluding hydrogens is 266 g/mol. The maximum atomic E-state index is 5.29. The molecule has 2 rings (SSSR count). The molecule has 0 aromatic heterocycles. The third-order valence-electron chi connectivity index (χ3n) is 2.76. The highest BCUT2D eigenvalue weighted by molar-refractivity contribution is 7.80. The highest BCUT2D eigenvalue weighted by atomic mass is 32.1. The highest BCUT2D eigenvalue weighted by Crippen LogP contribution is 1.99. The van der Waals surface area contributed by atoms with Crippen LogP contribution >= 0.6 is 12.2 Å². The van der Waals surface area contributed by atoms with E-state index >= 15 is 0 Å². The molecule has 20 heavy (non-hydrogen) atoms. The molecule has 0 bridgehead atoms. The molecule has 3 nitrogen and oxygen atoms in total. The van der Waals surface area contributed by atoms with Gasteiger partial charge in [0.2, 0.25) is 0 Å². The van der Waals surface area contributed by atoms with Gasteiger partial charge >= 0.3 is 0 Å². The Kier molecular flexibility index (Phi) is 5.26. The summed E-state index contributed by atoms with van der Waals surface area (Å²) in [5, 5.41) is 9.75. The van der Waals surface area contributed by atoms with Crippen molar-refractivity contribution >= 4 is 23.5 Å². The Hall–Kier alpha value is -2.20. The average molecular weight is 283 g/mol. The zero-order valence-corrected chi connectivity index (χ0v) is 12.2. The smallest absolute Gasteiger partial charge is 0.189 e. The number of hydrogen-bond acceptors (Lipinski definition) is 2. The molecule has 0 aliphatic heterocycles. The lowest BCUT2D eigenvalue weighted by Gasteiger charge is -2.15. The van der Waals surface area contributed by atoms with Gasteiger partial charge in [0, 0.05) is 13.6 Å². The fourth-order valence-electron chi connectivity index (χ4n) is 1.63. The third-order valence-corrected chi connectivity index (χ3v) is 3.17. The number of hydrazone groups is 1. The zero-order chi connectivity index (χ0) is 14.2. The summed E-state index contributed by atoms with van der Waals surface area (Å²) in [6.07, 6.45) is 1.79. The van der Waals surface area contributed by atoms with Gasteiger partial charge in [0.1, 0.15) is 0 Å². The summed E-state index contributed by atoms with van der Waals surface area (Å²) >= 11 is 5.29. The maximum Gasteiger partial charge on any atom is 0.189 e. The number of benzene rings is 2. The van der Waals surface area contributed by atoms with Gasteiger partial charge < -0.3 is 5.32 Å². The van der Waals surface area contributed by atoms with E-state index in [1.165, 1.54) is 5.56 Å². The summed E-state index contributed by atoms with van der Waals surface area (Å²) in [7, 11) is 1.83. The number of nitrogens with zero attached hydrogens (tertiary/aromatic N) is 2. The molecule has 4 heteroatoms. The van der Waals surface area contributed by atoms with Crippen molar-refractivity contribution in [2.45, 2.75) is 6.54 Å². The Labute approximate surface area is 124 Å². The second-order valence-corrected chi connectivity index (χ2v) is 4.71. The molecule has 0 spiro atoms. The van der Waals surface area contributed by atoms with Gasteiger partial charge in [-0.15, -0.1) is 0 Å². The van der Waals surface area contributed by atoms with Gasteiger partial charge in [-0.2, -0.15) is 5.10 Å². The van der Waals surface area contributed by atoms with E-state index in [1.54, 1.807) is 11.2 Å². The van der Waals surface area contributed by atoms with Crippen LogP contribution in [0.2, 0.25) is 0 Å². The highest BCUT2D eigenvalue weighted by Gasteiger charge is 2.01. The Balaban J connectivity index is 1.85. The van der Waals surface area contributed by atoms with Crippen LogP contribution in [0.5, 0.6) is 0 Å². The predicted molar refractivity (Wildman–Crippen MR) is 87.7 cm³/mol. The van der Waals surface area contributed by atoms with Crippen molar-refractivity contribution in [3.63, 3.8) is 0 Å². The molecule has 0 aliphatic rings. The van der Waals surface area contributed by atoms with Gasteiger partial charge in [0.25, 0.3) is 0 Å². The van der Waals surface area contributed by atoms with Crippen LogP contribution in [0, 0.1) is 0 Å². The molecule has 102 valence electrons. The van der Waals surface area contributed by atoms with Crippen molar-refractivity contribution in [1.82, 2.24) is 10.3 Å². The molecule has 0 atom stereocenters. The molecule has 0 unspecified atom stereocenters. The molecular formula is C16H17N3S. The molecule has 1 N–H and O–H groups in total. The quantitative estimate of drug-likeness (QED) is 0.531. The van der Waals surface area contributed by atoms with Crippen LogP contribution in [0.4, 0.5) is 0 Å². The van der Waals surface area contributed by atoms with E-state index in [0.717, 1.165) is 5.56 Å². The van der Waals surface area contributed by atoms with Gasteiger partial charge in [-0.25, -0.2) is 5.01 Å². The van der Waals surface area contributed by atoms with E-state index in [9.17, 15) is 0 Å². The van der Waals surface area contributed by atoms with Crippen molar-refractivity contribution < 1.29 is 0 Å². The topological polar surface area (TPSA) is 27.6 Å². The first-order chi connectivity index (χ1) is 9.75. The molecule has 0 saturated heterocycles. The number of thiocarbonyl (C=S) groups is 1. The molecule has 0 radical (unpaired) electrons.